The number of hydrogen-bond acceptors (Lipinski definition) is 8. The van der Waals surface area contributed by atoms with Crippen molar-refractivity contribution < 1.29 is 8.83 Å². The molecule has 0 aliphatic rings. The van der Waals surface area contributed by atoms with Gasteiger partial charge in [-0.05, 0) is 70.7 Å². The highest BCUT2D eigenvalue weighted by Gasteiger charge is 2.16. The second-order valence-electron chi connectivity index (χ2n) is 8.96. The van der Waals surface area contributed by atoms with Crippen LogP contribution >= 0.6 is 46.4 Å². The largest absolute Gasteiger partial charge is 0.455 e. The van der Waals surface area contributed by atoms with Crippen LogP contribution in [0, 0.1) is 0 Å². The lowest BCUT2D eigenvalue weighted by Gasteiger charge is -2.01. The maximum Gasteiger partial charge on any atom is 0.227 e. The standard InChI is InChI=1S/2C15H7Cl2N3O/c2*16-14-18-13(19-15(17)20-14)10-6-3-5-9-8-4-1-2-7-11(8)21-12(9)10/h2*1-7H. The van der Waals surface area contributed by atoms with Gasteiger partial charge < -0.3 is 8.83 Å². The van der Waals surface area contributed by atoms with E-state index in [9.17, 15) is 0 Å². The van der Waals surface area contributed by atoms with Gasteiger partial charge in [-0.15, -0.1) is 0 Å². The van der Waals surface area contributed by atoms with E-state index in [1.54, 1.807) is 0 Å². The van der Waals surface area contributed by atoms with Gasteiger partial charge in [-0.1, -0.05) is 60.7 Å². The number of furan rings is 2. The van der Waals surface area contributed by atoms with E-state index < -0.39 is 0 Å². The van der Waals surface area contributed by atoms with Crippen LogP contribution in [0.15, 0.2) is 93.8 Å². The number of fused-ring (bicyclic) bond motifs is 6. The number of para-hydroxylation sites is 4. The lowest BCUT2D eigenvalue weighted by molar-refractivity contribution is 0.669. The van der Waals surface area contributed by atoms with Gasteiger partial charge >= 0.3 is 0 Å². The summed E-state index contributed by atoms with van der Waals surface area (Å²) in [6, 6.07) is 27.2. The molecule has 8 rings (SSSR count). The Hall–Kier alpha value is -4.34. The molecule has 0 atom stereocenters. The summed E-state index contributed by atoms with van der Waals surface area (Å²) in [5.74, 6) is 0.786. The molecule has 0 N–H and O–H groups in total. The summed E-state index contributed by atoms with van der Waals surface area (Å²) >= 11 is 23.4. The van der Waals surface area contributed by atoms with E-state index in [1.807, 2.05) is 84.9 Å². The van der Waals surface area contributed by atoms with Crippen LogP contribution in [0.4, 0.5) is 0 Å². The van der Waals surface area contributed by atoms with Gasteiger partial charge in [0.15, 0.2) is 11.6 Å². The van der Waals surface area contributed by atoms with Gasteiger partial charge in [-0.25, -0.2) is 0 Å². The zero-order valence-electron chi connectivity index (χ0n) is 21.1. The molecule has 0 saturated heterocycles. The molecule has 8 aromatic rings. The summed E-state index contributed by atoms with van der Waals surface area (Å²) in [6.07, 6.45) is 0. The molecular formula is C30H14Cl4N6O2. The van der Waals surface area contributed by atoms with Crippen molar-refractivity contribution in [3.8, 4) is 22.8 Å². The Labute approximate surface area is 256 Å². The molecule has 0 bridgehead atoms. The van der Waals surface area contributed by atoms with E-state index in [-0.39, 0.29) is 21.1 Å². The van der Waals surface area contributed by atoms with Gasteiger partial charge in [0.25, 0.3) is 0 Å². The van der Waals surface area contributed by atoms with Crippen molar-refractivity contribution >= 4 is 90.3 Å². The van der Waals surface area contributed by atoms with Crippen molar-refractivity contribution in [2.24, 2.45) is 0 Å². The first kappa shape index (κ1) is 26.6. The summed E-state index contributed by atoms with van der Waals surface area (Å²) in [5.41, 5.74) is 4.50. The SMILES string of the molecule is Clc1nc(Cl)nc(-c2cccc3c2oc2ccccc23)n1.Clc1nc(Cl)nc(-c2cccc3c2oc2ccccc23)n1. The highest BCUT2D eigenvalue weighted by atomic mass is 35.5. The van der Waals surface area contributed by atoms with Crippen LogP contribution in [-0.2, 0) is 0 Å². The van der Waals surface area contributed by atoms with E-state index in [0.29, 0.717) is 22.8 Å². The molecule has 4 aromatic carbocycles. The number of nitrogens with zero attached hydrogens (tertiary/aromatic N) is 6. The molecule has 42 heavy (non-hydrogen) atoms. The Balaban J connectivity index is 0.000000137. The van der Waals surface area contributed by atoms with Crippen molar-refractivity contribution in [2.75, 3.05) is 0 Å². The fourth-order valence-corrected chi connectivity index (χ4v) is 5.47. The summed E-state index contributed by atoms with van der Waals surface area (Å²) in [6.45, 7) is 0. The Morgan fingerprint density at radius 3 is 1.14 bits per heavy atom. The smallest absolute Gasteiger partial charge is 0.227 e. The molecule has 0 radical (unpaired) electrons. The first-order valence-electron chi connectivity index (χ1n) is 12.4. The fourth-order valence-electron chi connectivity index (χ4n) is 4.74. The van der Waals surface area contributed by atoms with Crippen LogP contribution < -0.4 is 0 Å². The maximum atomic E-state index is 5.93. The Morgan fingerprint density at radius 2 is 0.738 bits per heavy atom. The predicted octanol–water partition coefficient (Wildman–Crippen LogP) is 9.49. The van der Waals surface area contributed by atoms with Gasteiger partial charge in [0.05, 0.1) is 11.1 Å². The molecule has 4 heterocycles. The molecule has 0 saturated carbocycles. The van der Waals surface area contributed by atoms with Crippen LogP contribution in [0.25, 0.3) is 66.7 Å². The number of hydrogen-bond donors (Lipinski definition) is 0. The number of aromatic nitrogens is 6. The van der Waals surface area contributed by atoms with Gasteiger partial charge in [0.1, 0.15) is 22.3 Å². The molecular weight excluding hydrogens is 618 g/mol. The fraction of sp³-hybridized carbons (Fsp3) is 0. The van der Waals surface area contributed by atoms with E-state index in [1.165, 1.54) is 0 Å². The van der Waals surface area contributed by atoms with E-state index in [0.717, 1.165) is 43.8 Å². The van der Waals surface area contributed by atoms with E-state index in [4.69, 9.17) is 55.2 Å². The summed E-state index contributed by atoms with van der Waals surface area (Å²) in [5, 5.41) is 4.29. The van der Waals surface area contributed by atoms with E-state index >= 15 is 0 Å². The molecule has 0 unspecified atom stereocenters. The van der Waals surface area contributed by atoms with Crippen LogP contribution in [0.1, 0.15) is 0 Å². The number of rotatable bonds is 2. The van der Waals surface area contributed by atoms with Crippen molar-refractivity contribution in [2.45, 2.75) is 0 Å². The molecule has 8 nitrogen and oxygen atoms in total. The topological polar surface area (TPSA) is 104 Å². The molecule has 204 valence electrons. The second-order valence-corrected chi connectivity index (χ2v) is 10.3. The molecule has 0 aliphatic heterocycles. The second kappa shape index (κ2) is 10.8. The predicted molar refractivity (Wildman–Crippen MR) is 165 cm³/mol. The first-order chi connectivity index (χ1) is 20.4. The Kier molecular flexibility index (Phi) is 6.84. The van der Waals surface area contributed by atoms with Gasteiger partial charge in [-0.3, -0.25) is 0 Å². The molecule has 0 aliphatic carbocycles. The average Bonchev–Trinajstić information content (AvgIpc) is 3.55. The van der Waals surface area contributed by atoms with E-state index in [2.05, 4.69) is 29.9 Å². The van der Waals surface area contributed by atoms with Crippen molar-refractivity contribution in [3.05, 3.63) is 106 Å². The summed E-state index contributed by atoms with van der Waals surface area (Å²) in [7, 11) is 0. The molecule has 0 spiro atoms. The maximum absolute atomic E-state index is 5.93. The first-order valence-corrected chi connectivity index (χ1v) is 13.9. The van der Waals surface area contributed by atoms with Gasteiger partial charge in [0.2, 0.25) is 21.1 Å². The minimum absolute atomic E-state index is 0.0538. The number of halogens is 4. The van der Waals surface area contributed by atoms with Crippen molar-refractivity contribution in [3.63, 3.8) is 0 Å². The Bertz CT molecular complexity index is 2080. The third-order valence-electron chi connectivity index (χ3n) is 6.45. The average molecular weight is 632 g/mol. The minimum Gasteiger partial charge on any atom is -0.455 e. The minimum atomic E-state index is 0.0538. The zero-order valence-corrected chi connectivity index (χ0v) is 24.1. The van der Waals surface area contributed by atoms with Gasteiger partial charge in [-0.2, -0.15) is 29.9 Å². The molecule has 0 amide bonds. The third kappa shape index (κ3) is 4.88. The van der Waals surface area contributed by atoms with Crippen LogP contribution in [0.2, 0.25) is 21.1 Å². The van der Waals surface area contributed by atoms with Crippen molar-refractivity contribution in [1.29, 1.82) is 0 Å². The quantitative estimate of drug-likeness (QED) is 0.186. The van der Waals surface area contributed by atoms with Crippen LogP contribution in [0.5, 0.6) is 0 Å². The third-order valence-corrected chi connectivity index (χ3v) is 7.13. The van der Waals surface area contributed by atoms with Gasteiger partial charge in [0, 0.05) is 21.5 Å². The monoisotopic (exact) mass is 630 g/mol. The highest BCUT2D eigenvalue weighted by Crippen LogP contribution is 2.36. The molecule has 12 heteroatoms. The number of benzene rings is 4. The summed E-state index contributed by atoms with van der Waals surface area (Å²) in [4.78, 5) is 24.0. The molecule has 0 fully saturated rings. The zero-order chi connectivity index (χ0) is 28.8. The normalized spacial score (nSPS) is 11.3. The van der Waals surface area contributed by atoms with Crippen LogP contribution in [-0.4, -0.2) is 29.9 Å². The van der Waals surface area contributed by atoms with Crippen LogP contribution in [0.3, 0.4) is 0 Å². The Morgan fingerprint density at radius 1 is 0.381 bits per heavy atom. The molecule has 4 aromatic heterocycles. The lowest BCUT2D eigenvalue weighted by atomic mass is 10.1. The highest BCUT2D eigenvalue weighted by molar-refractivity contribution is 6.31. The van der Waals surface area contributed by atoms with Crippen molar-refractivity contribution in [1.82, 2.24) is 29.9 Å². The lowest BCUT2D eigenvalue weighted by Crippen LogP contribution is -1.93. The summed E-state index contributed by atoms with van der Waals surface area (Å²) < 4.78 is 11.9.